The molecule has 134 valence electrons. The zero-order valence-corrected chi connectivity index (χ0v) is 16.3. The van der Waals surface area contributed by atoms with Gasteiger partial charge < -0.3 is 15.2 Å². The van der Waals surface area contributed by atoms with Gasteiger partial charge in [-0.05, 0) is 30.3 Å². The molecule has 2 aromatic carbocycles. The molecule has 1 aromatic heterocycles. The van der Waals surface area contributed by atoms with Crippen molar-refractivity contribution in [2.24, 2.45) is 5.10 Å². The second kappa shape index (κ2) is 7.71. The Bertz CT molecular complexity index is 1000. The van der Waals surface area contributed by atoms with Gasteiger partial charge in [0.25, 0.3) is 5.91 Å². The summed E-state index contributed by atoms with van der Waals surface area (Å²) in [6.07, 6.45) is 1.49. The number of methoxy groups -OCH3 is 2. The van der Waals surface area contributed by atoms with E-state index in [2.05, 4.69) is 31.4 Å². The van der Waals surface area contributed by atoms with E-state index in [0.717, 1.165) is 14.7 Å². The lowest BCUT2D eigenvalue weighted by Gasteiger charge is -2.10. The number of rotatable bonds is 5. The van der Waals surface area contributed by atoms with Crippen LogP contribution >= 0.6 is 27.3 Å². The quantitative estimate of drug-likeness (QED) is 0.473. The normalized spacial score (nSPS) is 11.0. The predicted molar refractivity (Wildman–Crippen MR) is 106 cm³/mol. The molecule has 0 saturated carbocycles. The number of nitrogens with two attached hydrogens (primary N) is 1. The number of benzene rings is 2. The van der Waals surface area contributed by atoms with E-state index >= 15 is 0 Å². The van der Waals surface area contributed by atoms with Crippen molar-refractivity contribution in [3.8, 4) is 11.5 Å². The average Bonchev–Trinajstić information content (AvgIpc) is 3.00. The second-order valence-corrected chi connectivity index (χ2v) is 7.14. The van der Waals surface area contributed by atoms with Crippen LogP contribution in [0.3, 0.4) is 0 Å². The van der Waals surface area contributed by atoms with Crippen molar-refractivity contribution in [1.29, 1.82) is 0 Å². The van der Waals surface area contributed by atoms with Gasteiger partial charge >= 0.3 is 0 Å². The van der Waals surface area contributed by atoms with Gasteiger partial charge in [0.2, 0.25) is 0 Å². The van der Waals surface area contributed by atoms with Crippen LogP contribution in [-0.4, -0.2) is 31.3 Å². The Morgan fingerprint density at radius 1 is 1.31 bits per heavy atom. The minimum absolute atomic E-state index is 0.337. The first kappa shape index (κ1) is 18.2. The highest BCUT2D eigenvalue weighted by Crippen LogP contribution is 2.33. The Hall–Kier alpha value is -2.65. The summed E-state index contributed by atoms with van der Waals surface area (Å²) in [4.78, 5) is 16.5. The van der Waals surface area contributed by atoms with E-state index in [0.29, 0.717) is 27.8 Å². The smallest absolute Gasteiger partial charge is 0.271 e. The van der Waals surface area contributed by atoms with Crippen LogP contribution in [0.5, 0.6) is 11.5 Å². The molecule has 0 aliphatic rings. The Balaban J connectivity index is 1.79. The minimum atomic E-state index is -0.337. The Labute approximate surface area is 162 Å². The first-order chi connectivity index (χ1) is 12.5. The van der Waals surface area contributed by atoms with Crippen LogP contribution in [-0.2, 0) is 0 Å². The Morgan fingerprint density at radius 3 is 2.85 bits per heavy atom. The molecule has 7 nitrogen and oxygen atoms in total. The molecule has 1 amide bonds. The third-order valence-electron chi connectivity index (χ3n) is 3.51. The van der Waals surface area contributed by atoms with Crippen LogP contribution in [0.1, 0.15) is 15.9 Å². The standard InChI is InChI=1S/C17H15BrN4O3S/c1-24-13-7-11(18)5-10(15(13)25-2)8-20-22-16(23)9-3-4-12-14(6-9)26-17(19)21-12/h3-8H,1-2H3,(H2,19,21)(H,22,23)/b20-8-. The van der Waals surface area contributed by atoms with Gasteiger partial charge in [0.15, 0.2) is 16.6 Å². The molecule has 0 spiro atoms. The zero-order valence-electron chi connectivity index (χ0n) is 13.9. The van der Waals surface area contributed by atoms with Crippen LogP contribution in [0.25, 0.3) is 10.2 Å². The molecular formula is C17H15BrN4O3S. The molecule has 0 aliphatic carbocycles. The van der Waals surface area contributed by atoms with E-state index in [1.165, 1.54) is 24.7 Å². The Morgan fingerprint density at radius 2 is 2.12 bits per heavy atom. The van der Waals surface area contributed by atoms with E-state index in [4.69, 9.17) is 15.2 Å². The number of hydrogen-bond acceptors (Lipinski definition) is 7. The molecule has 0 fully saturated rings. The highest BCUT2D eigenvalue weighted by atomic mass is 79.9. The fourth-order valence-electron chi connectivity index (χ4n) is 2.36. The molecule has 1 heterocycles. The summed E-state index contributed by atoms with van der Waals surface area (Å²) in [7, 11) is 3.09. The molecule has 26 heavy (non-hydrogen) atoms. The van der Waals surface area contributed by atoms with Crippen molar-refractivity contribution in [2.75, 3.05) is 20.0 Å². The summed E-state index contributed by atoms with van der Waals surface area (Å²) in [6.45, 7) is 0. The lowest BCUT2D eigenvalue weighted by Crippen LogP contribution is -2.17. The number of amides is 1. The number of fused-ring (bicyclic) bond motifs is 1. The van der Waals surface area contributed by atoms with E-state index in [9.17, 15) is 4.79 Å². The van der Waals surface area contributed by atoms with E-state index in [1.54, 1.807) is 31.4 Å². The molecule has 0 aliphatic heterocycles. The highest BCUT2D eigenvalue weighted by molar-refractivity contribution is 9.10. The summed E-state index contributed by atoms with van der Waals surface area (Å²) in [5.74, 6) is 0.745. The fraction of sp³-hybridized carbons (Fsp3) is 0.118. The summed E-state index contributed by atoms with van der Waals surface area (Å²) >= 11 is 4.73. The number of anilines is 1. The summed E-state index contributed by atoms with van der Waals surface area (Å²) in [5.41, 5.74) is 10.1. The number of halogens is 1. The van der Waals surface area contributed by atoms with Crippen LogP contribution in [0.15, 0.2) is 39.9 Å². The topological polar surface area (TPSA) is 98.8 Å². The number of nitrogens with zero attached hydrogens (tertiary/aromatic N) is 2. The van der Waals surface area contributed by atoms with Gasteiger partial charge in [0, 0.05) is 15.6 Å². The molecule has 0 unspecified atom stereocenters. The maximum atomic E-state index is 12.3. The van der Waals surface area contributed by atoms with Crippen LogP contribution in [0.2, 0.25) is 0 Å². The highest BCUT2D eigenvalue weighted by Gasteiger charge is 2.11. The fourth-order valence-corrected chi connectivity index (χ4v) is 3.59. The second-order valence-electron chi connectivity index (χ2n) is 5.16. The van der Waals surface area contributed by atoms with Crippen molar-refractivity contribution in [1.82, 2.24) is 10.4 Å². The van der Waals surface area contributed by atoms with Crippen molar-refractivity contribution < 1.29 is 14.3 Å². The summed E-state index contributed by atoms with van der Waals surface area (Å²) in [6, 6.07) is 8.75. The third kappa shape index (κ3) is 3.78. The van der Waals surface area contributed by atoms with E-state index in [-0.39, 0.29) is 5.91 Å². The number of thiazole rings is 1. The molecule has 3 aromatic rings. The van der Waals surface area contributed by atoms with Gasteiger partial charge in [-0.15, -0.1) is 0 Å². The molecule has 0 atom stereocenters. The number of hydrazone groups is 1. The summed E-state index contributed by atoms with van der Waals surface area (Å²) in [5, 5.41) is 4.47. The van der Waals surface area contributed by atoms with Crippen LogP contribution < -0.4 is 20.6 Å². The maximum Gasteiger partial charge on any atom is 0.271 e. The van der Waals surface area contributed by atoms with Gasteiger partial charge in [-0.1, -0.05) is 27.3 Å². The van der Waals surface area contributed by atoms with Crippen molar-refractivity contribution in [3.05, 3.63) is 45.9 Å². The number of nitrogens with one attached hydrogen (secondary N) is 1. The largest absolute Gasteiger partial charge is 0.493 e. The molecule has 3 N–H and O–H groups in total. The first-order valence-electron chi connectivity index (χ1n) is 7.43. The average molecular weight is 435 g/mol. The Kier molecular flexibility index (Phi) is 5.38. The van der Waals surface area contributed by atoms with Crippen LogP contribution in [0, 0.1) is 0 Å². The third-order valence-corrected chi connectivity index (χ3v) is 4.81. The number of aromatic nitrogens is 1. The molecule has 3 rings (SSSR count). The zero-order chi connectivity index (χ0) is 18.7. The molecule has 0 radical (unpaired) electrons. The van der Waals surface area contributed by atoms with Gasteiger partial charge in [-0.3, -0.25) is 4.79 Å². The van der Waals surface area contributed by atoms with Crippen molar-refractivity contribution >= 4 is 54.7 Å². The molecular weight excluding hydrogens is 420 g/mol. The number of carbonyl (C=O) groups excluding carboxylic acids is 1. The van der Waals surface area contributed by atoms with Crippen molar-refractivity contribution in [3.63, 3.8) is 0 Å². The number of ether oxygens (including phenoxy) is 2. The number of carbonyl (C=O) groups is 1. The number of hydrogen-bond donors (Lipinski definition) is 2. The monoisotopic (exact) mass is 434 g/mol. The number of nitrogen functional groups attached to an aromatic ring is 1. The lowest BCUT2D eigenvalue weighted by atomic mass is 10.2. The van der Waals surface area contributed by atoms with Gasteiger partial charge in [-0.25, -0.2) is 10.4 Å². The van der Waals surface area contributed by atoms with Gasteiger partial charge in [0.1, 0.15) is 0 Å². The molecule has 0 bridgehead atoms. The maximum absolute atomic E-state index is 12.3. The van der Waals surface area contributed by atoms with Gasteiger partial charge in [0.05, 0.1) is 30.7 Å². The summed E-state index contributed by atoms with van der Waals surface area (Å²) < 4.78 is 12.3. The SMILES string of the molecule is COc1cc(Br)cc(/C=N\NC(=O)c2ccc3nc(N)sc3c2)c1OC. The molecule has 9 heteroatoms. The van der Waals surface area contributed by atoms with Gasteiger partial charge in [-0.2, -0.15) is 5.10 Å². The molecule has 0 saturated heterocycles. The minimum Gasteiger partial charge on any atom is -0.493 e. The van der Waals surface area contributed by atoms with E-state index < -0.39 is 0 Å². The first-order valence-corrected chi connectivity index (χ1v) is 9.03. The lowest BCUT2D eigenvalue weighted by molar-refractivity contribution is 0.0955. The predicted octanol–water partition coefficient (Wildman–Crippen LogP) is 3.42. The van der Waals surface area contributed by atoms with Crippen LogP contribution in [0.4, 0.5) is 5.13 Å². The van der Waals surface area contributed by atoms with E-state index in [1.807, 2.05) is 6.07 Å². The van der Waals surface area contributed by atoms with Crippen molar-refractivity contribution in [2.45, 2.75) is 0 Å².